The molecule has 1 aromatic carbocycles. The molecule has 8 nitrogen and oxygen atoms in total. The number of aryl methyl sites for hydroxylation is 1. The van der Waals surface area contributed by atoms with Crippen molar-refractivity contribution >= 4 is 39.1 Å². The van der Waals surface area contributed by atoms with Crippen LogP contribution in [0.15, 0.2) is 29.1 Å². The molecule has 3 heterocycles. The number of nitrogens with zero attached hydrogens (tertiary/aromatic N) is 2. The molecule has 29 heavy (non-hydrogen) atoms. The van der Waals surface area contributed by atoms with Crippen molar-refractivity contribution in [2.24, 2.45) is 0 Å². The molecule has 0 radical (unpaired) electrons. The van der Waals surface area contributed by atoms with Crippen LogP contribution in [0.5, 0.6) is 5.75 Å². The number of carbonyl (C=O) groups is 1. The van der Waals surface area contributed by atoms with Gasteiger partial charge < -0.3 is 20.3 Å². The lowest BCUT2D eigenvalue weighted by molar-refractivity contribution is 0.102. The molecule has 1 aliphatic rings. The van der Waals surface area contributed by atoms with Crippen LogP contribution in [0.2, 0.25) is 0 Å². The summed E-state index contributed by atoms with van der Waals surface area (Å²) in [5, 5.41) is 6.68. The molecule has 9 heteroatoms. The highest BCUT2D eigenvalue weighted by Gasteiger charge is 2.21. The van der Waals surface area contributed by atoms with Gasteiger partial charge in [-0.05, 0) is 37.6 Å². The topological polar surface area (TPSA) is 99.3 Å². The van der Waals surface area contributed by atoms with Crippen LogP contribution in [-0.2, 0) is 0 Å². The summed E-state index contributed by atoms with van der Waals surface area (Å²) in [6, 6.07) is 7.21. The average molecular weight is 414 g/mol. The molecular weight excluding hydrogens is 390 g/mol. The van der Waals surface area contributed by atoms with Gasteiger partial charge in [0, 0.05) is 19.6 Å². The van der Waals surface area contributed by atoms with E-state index in [1.165, 1.54) is 11.3 Å². The summed E-state index contributed by atoms with van der Waals surface area (Å²) in [6.45, 7) is 5.18. The maximum Gasteiger partial charge on any atom is 0.266 e. The van der Waals surface area contributed by atoms with E-state index < -0.39 is 0 Å². The largest absolute Gasteiger partial charge is 0.495 e. The normalized spacial score (nSPS) is 14.6. The van der Waals surface area contributed by atoms with Crippen LogP contribution < -0.4 is 25.8 Å². The maximum atomic E-state index is 12.9. The highest BCUT2D eigenvalue weighted by atomic mass is 32.1. The molecule has 0 atom stereocenters. The van der Waals surface area contributed by atoms with Crippen LogP contribution in [0, 0.1) is 6.92 Å². The summed E-state index contributed by atoms with van der Waals surface area (Å²) in [5.41, 5.74) is 0.999. The zero-order valence-electron chi connectivity index (χ0n) is 16.4. The van der Waals surface area contributed by atoms with Crippen molar-refractivity contribution in [3.05, 3.63) is 45.1 Å². The molecule has 152 valence electrons. The van der Waals surface area contributed by atoms with Crippen LogP contribution in [0.4, 0.5) is 11.6 Å². The zero-order valence-corrected chi connectivity index (χ0v) is 17.2. The highest BCUT2D eigenvalue weighted by molar-refractivity contribution is 7.20. The fraction of sp³-hybridized carbons (Fsp3) is 0.350. The Morgan fingerprint density at radius 2 is 2.10 bits per heavy atom. The van der Waals surface area contributed by atoms with Crippen LogP contribution in [0.3, 0.4) is 0 Å². The molecule has 1 aliphatic heterocycles. The number of methoxy groups -OCH3 is 1. The van der Waals surface area contributed by atoms with Crippen molar-refractivity contribution in [2.45, 2.75) is 13.3 Å². The van der Waals surface area contributed by atoms with Crippen LogP contribution in [0.25, 0.3) is 10.2 Å². The van der Waals surface area contributed by atoms with E-state index >= 15 is 0 Å². The molecule has 3 N–H and O–H groups in total. The van der Waals surface area contributed by atoms with Gasteiger partial charge in [0.15, 0.2) is 0 Å². The quantitative estimate of drug-likeness (QED) is 0.607. The van der Waals surface area contributed by atoms with Gasteiger partial charge in [-0.1, -0.05) is 12.1 Å². The van der Waals surface area contributed by atoms with Crippen molar-refractivity contribution in [1.82, 2.24) is 15.3 Å². The van der Waals surface area contributed by atoms with Crippen molar-refractivity contribution in [2.75, 3.05) is 43.5 Å². The number of carbonyl (C=O) groups excluding carboxylic acids is 1. The molecule has 0 spiro atoms. The lowest BCUT2D eigenvalue weighted by Gasteiger charge is -2.19. The van der Waals surface area contributed by atoms with Gasteiger partial charge in [-0.2, -0.15) is 0 Å². The molecule has 2 aromatic heterocycles. The van der Waals surface area contributed by atoms with E-state index in [9.17, 15) is 9.59 Å². The lowest BCUT2D eigenvalue weighted by atomic mass is 10.2. The number of H-pyrrole nitrogens is 1. The predicted molar refractivity (Wildman–Crippen MR) is 116 cm³/mol. The number of rotatable bonds is 4. The molecule has 1 saturated heterocycles. The second-order valence-corrected chi connectivity index (χ2v) is 7.87. The van der Waals surface area contributed by atoms with Gasteiger partial charge in [0.2, 0.25) is 5.95 Å². The summed E-state index contributed by atoms with van der Waals surface area (Å²) < 4.78 is 5.29. The Morgan fingerprint density at radius 3 is 2.93 bits per heavy atom. The maximum absolute atomic E-state index is 12.9. The van der Waals surface area contributed by atoms with Gasteiger partial charge in [0.25, 0.3) is 11.5 Å². The van der Waals surface area contributed by atoms with Gasteiger partial charge in [-0.3, -0.25) is 14.6 Å². The van der Waals surface area contributed by atoms with Gasteiger partial charge in [0.1, 0.15) is 10.6 Å². The molecular formula is C20H23N5O3S. The van der Waals surface area contributed by atoms with E-state index in [2.05, 4.69) is 25.5 Å². The number of para-hydroxylation sites is 2. The van der Waals surface area contributed by atoms with Crippen molar-refractivity contribution in [3.63, 3.8) is 0 Å². The van der Waals surface area contributed by atoms with Gasteiger partial charge in [0.05, 0.1) is 23.1 Å². The summed E-state index contributed by atoms with van der Waals surface area (Å²) in [6.07, 6.45) is 0.984. The minimum absolute atomic E-state index is 0.215. The first-order chi connectivity index (χ1) is 14.1. The summed E-state index contributed by atoms with van der Waals surface area (Å²) in [4.78, 5) is 36.3. The fourth-order valence-electron chi connectivity index (χ4n) is 3.48. The molecule has 0 aliphatic carbocycles. The first-order valence-electron chi connectivity index (χ1n) is 9.52. The number of hydrogen-bond acceptors (Lipinski definition) is 7. The standard InChI is InChI=1S/C20H23N5O3S/c1-12-15-17(26)23-20(25-10-5-8-21-9-11-25)24-19(15)29-16(12)18(27)22-13-6-3-4-7-14(13)28-2/h3-4,6-7,21H,5,8-11H2,1-2H3,(H,22,27)(H,23,24,26). The van der Waals surface area contributed by atoms with Gasteiger partial charge >= 0.3 is 0 Å². The smallest absolute Gasteiger partial charge is 0.266 e. The van der Waals surface area contributed by atoms with E-state index in [4.69, 9.17) is 4.74 Å². The Bertz CT molecular complexity index is 1100. The van der Waals surface area contributed by atoms with E-state index in [0.29, 0.717) is 38.0 Å². The van der Waals surface area contributed by atoms with E-state index in [-0.39, 0.29) is 11.5 Å². The monoisotopic (exact) mass is 413 g/mol. The Balaban J connectivity index is 1.68. The predicted octanol–water partition coefficient (Wildman–Crippen LogP) is 2.35. The highest BCUT2D eigenvalue weighted by Crippen LogP contribution is 2.30. The van der Waals surface area contributed by atoms with Crippen molar-refractivity contribution < 1.29 is 9.53 Å². The Morgan fingerprint density at radius 1 is 1.28 bits per heavy atom. The second-order valence-electron chi connectivity index (χ2n) is 6.87. The fourth-order valence-corrected chi connectivity index (χ4v) is 4.56. The van der Waals surface area contributed by atoms with E-state index in [0.717, 1.165) is 32.6 Å². The van der Waals surface area contributed by atoms with Gasteiger partial charge in [-0.25, -0.2) is 4.98 Å². The first-order valence-corrected chi connectivity index (χ1v) is 10.3. The van der Waals surface area contributed by atoms with Crippen LogP contribution >= 0.6 is 11.3 Å². The second kappa shape index (κ2) is 8.22. The molecule has 1 amide bonds. The van der Waals surface area contributed by atoms with Gasteiger partial charge in [-0.15, -0.1) is 11.3 Å². The number of ether oxygens (including phenoxy) is 1. The molecule has 3 aromatic rings. The Kier molecular flexibility index (Phi) is 5.50. The molecule has 1 fully saturated rings. The number of aromatic amines is 1. The third-order valence-corrected chi connectivity index (χ3v) is 6.17. The number of aromatic nitrogens is 2. The molecule has 0 bridgehead atoms. The zero-order chi connectivity index (χ0) is 20.4. The average Bonchev–Trinajstić information content (AvgIpc) is 2.89. The molecule has 0 saturated carbocycles. The Hall–Kier alpha value is -2.91. The molecule has 4 rings (SSSR count). The number of amides is 1. The number of hydrogen-bond donors (Lipinski definition) is 3. The summed E-state index contributed by atoms with van der Waals surface area (Å²) >= 11 is 1.24. The summed E-state index contributed by atoms with van der Waals surface area (Å²) in [7, 11) is 1.55. The van der Waals surface area contributed by atoms with Crippen LogP contribution in [0.1, 0.15) is 21.7 Å². The SMILES string of the molecule is COc1ccccc1NC(=O)c1sc2nc(N3CCCNCC3)[nH]c(=O)c2c1C. The molecule has 0 unspecified atom stereocenters. The summed E-state index contributed by atoms with van der Waals surface area (Å²) in [5.74, 6) is 0.853. The van der Waals surface area contributed by atoms with Crippen LogP contribution in [-0.4, -0.2) is 49.2 Å². The van der Waals surface area contributed by atoms with E-state index in [1.807, 2.05) is 12.1 Å². The number of fused-ring (bicyclic) bond motifs is 1. The lowest BCUT2D eigenvalue weighted by Crippen LogP contribution is -2.31. The van der Waals surface area contributed by atoms with Crippen molar-refractivity contribution in [3.8, 4) is 5.75 Å². The minimum Gasteiger partial charge on any atom is -0.495 e. The number of anilines is 2. The number of thiophene rings is 1. The first kappa shape index (κ1) is 19.4. The Labute approximate surface area is 171 Å². The third-order valence-electron chi connectivity index (χ3n) is 4.99. The van der Waals surface area contributed by atoms with E-state index in [1.54, 1.807) is 26.2 Å². The number of nitrogens with one attached hydrogen (secondary N) is 3. The minimum atomic E-state index is -0.282. The third kappa shape index (κ3) is 3.83. The number of benzene rings is 1. The van der Waals surface area contributed by atoms with Crippen molar-refractivity contribution in [1.29, 1.82) is 0 Å².